The van der Waals surface area contributed by atoms with E-state index in [0.29, 0.717) is 19.0 Å². The van der Waals surface area contributed by atoms with E-state index in [9.17, 15) is 8.42 Å². The van der Waals surface area contributed by atoms with Gasteiger partial charge in [-0.2, -0.15) is 17.0 Å². The van der Waals surface area contributed by atoms with Crippen molar-refractivity contribution < 1.29 is 8.42 Å². The van der Waals surface area contributed by atoms with Crippen LogP contribution in [0, 0.1) is 5.92 Å². The summed E-state index contributed by atoms with van der Waals surface area (Å²) >= 11 is 0. The summed E-state index contributed by atoms with van der Waals surface area (Å²) < 4.78 is 28.4. The molecular formula is C12H26ClN3O2S. The van der Waals surface area contributed by atoms with E-state index in [0.717, 1.165) is 32.1 Å². The van der Waals surface area contributed by atoms with Crippen molar-refractivity contribution in [2.45, 2.75) is 51.1 Å². The van der Waals surface area contributed by atoms with Crippen molar-refractivity contribution in [2.75, 3.05) is 20.1 Å². The van der Waals surface area contributed by atoms with E-state index >= 15 is 0 Å². The molecule has 1 heterocycles. The highest BCUT2D eigenvalue weighted by atomic mass is 35.5. The Kier molecular flexibility index (Phi) is 6.07. The Balaban J connectivity index is 0.00000180. The van der Waals surface area contributed by atoms with Crippen LogP contribution in [0.3, 0.4) is 0 Å². The summed E-state index contributed by atoms with van der Waals surface area (Å²) in [6, 6.07) is 0.0907. The van der Waals surface area contributed by atoms with Crippen LogP contribution in [0.25, 0.3) is 0 Å². The van der Waals surface area contributed by atoms with Crippen LogP contribution in [-0.2, 0) is 10.2 Å². The molecular weight excluding hydrogens is 286 g/mol. The van der Waals surface area contributed by atoms with Crippen LogP contribution in [0.1, 0.15) is 39.0 Å². The molecule has 0 radical (unpaired) electrons. The minimum atomic E-state index is -3.34. The number of halogens is 1. The SMILES string of the molecule is CC1CCCCN1S(=O)(=O)N(C)C(CN)C1CC1.Cl. The molecule has 1 saturated carbocycles. The van der Waals surface area contributed by atoms with E-state index in [-0.39, 0.29) is 24.5 Å². The lowest BCUT2D eigenvalue weighted by molar-refractivity contribution is 0.234. The minimum Gasteiger partial charge on any atom is -0.329 e. The lowest BCUT2D eigenvalue weighted by Gasteiger charge is -2.37. The monoisotopic (exact) mass is 311 g/mol. The maximum absolute atomic E-state index is 12.6. The minimum absolute atomic E-state index is 0. The van der Waals surface area contributed by atoms with Crippen LogP contribution in [0.4, 0.5) is 0 Å². The summed E-state index contributed by atoms with van der Waals surface area (Å²) in [5.41, 5.74) is 5.75. The Hall–Kier alpha value is 0.120. The highest BCUT2D eigenvalue weighted by Crippen LogP contribution is 2.36. The van der Waals surface area contributed by atoms with Gasteiger partial charge in [-0.1, -0.05) is 6.42 Å². The van der Waals surface area contributed by atoms with Gasteiger partial charge in [0, 0.05) is 32.2 Å². The van der Waals surface area contributed by atoms with Crippen LogP contribution < -0.4 is 5.73 Å². The van der Waals surface area contributed by atoms with Crippen molar-refractivity contribution in [3.8, 4) is 0 Å². The molecule has 2 fully saturated rings. The van der Waals surface area contributed by atoms with Crippen molar-refractivity contribution in [3.63, 3.8) is 0 Å². The molecule has 0 aromatic heterocycles. The fourth-order valence-electron chi connectivity index (χ4n) is 2.87. The van der Waals surface area contributed by atoms with E-state index in [4.69, 9.17) is 5.73 Å². The first-order chi connectivity index (χ1) is 8.48. The van der Waals surface area contributed by atoms with E-state index in [2.05, 4.69) is 0 Å². The number of rotatable bonds is 5. The van der Waals surface area contributed by atoms with Crippen molar-refractivity contribution in [1.29, 1.82) is 0 Å². The molecule has 2 N–H and O–H groups in total. The molecule has 0 amide bonds. The second kappa shape index (κ2) is 6.72. The van der Waals surface area contributed by atoms with Gasteiger partial charge in [0.15, 0.2) is 0 Å². The zero-order chi connectivity index (χ0) is 13.3. The van der Waals surface area contributed by atoms with Gasteiger partial charge in [-0.05, 0) is 38.5 Å². The predicted molar refractivity (Wildman–Crippen MR) is 79.5 cm³/mol. The van der Waals surface area contributed by atoms with Gasteiger partial charge in [0.25, 0.3) is 10.2 Å². The quantitative estimate of drug-likeness (QED) is 0.829. The second-order valence-electron chi connectivity index (χ2n) is 5.62. The average molecular weight is 312 g/mol. The van der Waals surface area contributed by atoms with Crippen LogP contribution in [-0.4, -0.2) is 49.2 Å². The number of nitrogens with zero attached hydrogens (tertiary/aromatic N) is 2. The number of hydrogen-bond acceptors (Lipinski definition) is 3. The van der Waals surface area contributed by atoms with Crippen molar-refractivity contribution in [2.24, 2.45) is 11.7 Å². The smallest absolute Gasteiger partial charge is 0.282 e. The maximum atomic E-state index is 12.6. The molecule has 2 unspecified atom stereocenters. The third-order valence-electron chi connectivity index (χ3n) is 4.28. The molecule has 2 aliphatic rings. The Morgan fingerprint density at radius 2 is 1.95 bits per heavy atom. The van der Waals surface area contributed by atoms with E-state index in [1.807, 2.05) is 6.92 Å². The number of nitrogens with two attached hydrogens (primary N) is 1. The van der Waals surface area contributed by atoms with Gasteiger partial charge >= 0.3 is 0 Å². The Labute approximate surface area is 123 Å². The summed E-state index contributed by atoms with van der Waals surface area (Å²) in [4.78, 5) is 0. The molecule has 5 nitrogen and oxygen atoms in total. The number of hydrogen-bond donors (Lipinski definition) is 1. The molecule has 1 saturated heterocycles. The first-order valence-corrected chi connectivity index (χ1v) is 8.33. The Morgan fingerprint density at radius 3 is 2.42 bits per heavy atom. The highest BCUT2D eigenvalue weighted by Gasteiger charge is 2.41. The topological polar surface area (TPSA) is 66.6 Å². The van der Waals surface area contributed by atoms with Crippen LogP contribution in [0.2, 0.25) is 0 Å². The Bertz CT molecular complexity index is 386. The van der Waals surface area contributed by atoms with E-state index in [1.165, 1.54) is 4.31 Å². The first kappa shape index (κ1) is 17.2. The summed E-state index contributed by atoms with van der Waals surface area (Å²) in [6.07, 6.45) is 5.27. The summed E-state index contributed by atoms with van der Waals surface area (Å²) in [6.45, 7) is 3.07. The van der Waals surface area contributed by atoms with Crippen molar-refractivity contribution >= 4 is 22.6 Å². The lowest BCUT2D eigenvalue weighted by atomic mass is 10.1. The fraction of sp³-hybridized carbons (Fsp3) is 1.00. The third kappa shape index (κ3) is 3.61. The van der Waals surface area contributed by atoms with Gasteiger partial charge < -0.3 is 5.73 Å². The molecule has 0 spiro atoms. The van der Waals surface area contributed by atoms with Crippen molar-refractivity contribution in [3.05, 3.63) is 0 Å². The number of piperidine rings is 1. The van der Waals surface area contributed by atoms with Crippen LogP contribution in [0.5, 0.6) is 0 Å². The molecule has 0 aromatic carbocycles. The highest BCUT2D eigenvalue weighted by molar-refractivity contribution is 7.86. The van der Waals surface area contributed by atoms with Gasteiger partial charge in [-0.15, -0.1) is 12.4 Å². The van der Waals surface area contributed by atoms with Gasteiger partial charge in [0.2, 0.25) is 0 Å². The molecule has 0 bridgehead atoms. The molecule has 114 valence electrons. The summed E-state index contributed by atoms with van der Waals surface area (Å²) in [5.74, 6) is 0.467. The summed E-state index contributed by atoms with van der Waals surface area (Å²) in [5, 5.41) is 0. The fourth-order valence-corrected chi connectivity index (χ4v) is 4.72. The first-order valence-electron chi connectivity index (χ1n) is 6.93. The van der Waals surface area contributed by atoms with E-state index in [1.54, 1.807) is 11.4 Å². The van der Waals surface area contributed by atoms with Crippen molar-refractivity contribution in [1.82, 2.24) is 8.61 Å². The van der Waals surface area contributed by atoms with Gasteiger partial charge in [-0.3, -0.25) is 0 Å². The molecule has 19 heavy (non-hydrogen) atoms. The van der Waals surface area contributed by atoms with Gasteiger partial charge in [0.05, 0.1) is 0 Å². The van der Waals surface area contributed by atoms with Crippen LogP contribution in [0.15, 0.2) is 0 Å². The van der Waals surface area contributed by atoms with Gasteiger partial charge in [0.1, 0.15) is 0 Å². The second-order valence-corrected chi connectivity index (χ2v) is 7.56. The zero-order valence-corrected chi connectivity index (χ0v) is 13.4. The van der Waals surface area contributed by atoms with Crippen LogP contribution >= 0.6 is 12.4 Å². The standard InChI is InChI=1S/C12H25N3O2S.ClH/c1-10-5-3-4-8-15(10)18(16,17)14(2)12(9-13)11-6-7-11;/h10-12H,3-9,13H2,1-2H3;1H. The molecule has 7 heteroatoms. The molecule has 1 aliphatic heterocycles. The summed E-state index contributed by atoms with van der Waals surface area (Å²) in [7, 11) is -1.65. The predicted octanol–water partition coefficient (Wildman–Crippen LogP) is 1.20. The molecule has 2 rings (SSSR count). The molecule has 2 atom stereocenters. The lowest BCUT2D eigenvalue weighted by Crippen LogP contribution is -2.53. The average Bonchev–Trinajstić information content (AvgIpc) is 3.14. The normalized spacial score (nSPS) is 27.1. The number of likely N-dealkylation sites (N-methyl/N-ethyl adjacent to an activating group) is 1. The Morgan fingerprint density at radius 1 is 1.32 bits per heavy atom. The van der Waals surface area contributed by atoms with E-state index < -0.39 is 10.2 Å². The molecule has 0 aromatic rings. The largest absolute Gasteiger partial charge is 0.329 e. The third-order valence-corrected chi connectivity index (χ3v) is 6.41. The van der Waals surface area contributed by atoms with Gasteiger partial charge in [-0.25, -0.2) is 0 Å². The zero-order valence-electron chi connectivity index (χ0n) is 11.8. The molecule has 1 aliphatic carbocycles. The maximum Gasteiger partial charge on any atom is 0.282 e.